The molecule has 0 amide bonds. The van der Waals surface area contributed by atoms with Gasteiger partial charge in [0.1, 0.15) is 12.2 Å². The molecule has 3 aliphatic heterocycles. The fraction of sp³-hybridized carbons (Fsp3) is 0.542. The fourth-order valence-electron chi connectivity index (χ4n) is 4.16. The Bertz CT molecular complexity index is 786. The van der Waals surface area contributed by atoms with Gasteiger partial charge in [-0.25, -0.2) is 0 Å². The molecule has 3 saturated heterocycles. The molecule has 5 nitrogen and oxygen atoms in total. The zero-order valence-electron chi connectivity index (χ0n) is 17.3. The van der Waals surface area contributed by atoms with Crippen LogP contribution in [0.15, 0.2) is 30.9 Å². The molecule has 0 aromatic heterocycles. The third-order valence-corrected chi connectivity index (χ3v) is 5.84. The molecule has 29 heavy (non-hydrogen) atoms. The molecule has 5 heteroatoms. The van der Waals surface area contributed by atoms with Gasteiger partial charge in [-0.3, -0.25) is 9.69 Å². The number of carbonyl (C=O) groups is 1. The van der Waals surface area contributed by atoms with Crippen molar-refractivity contribution in [3.63, 3.8) is 0 Å². The van der Waals surface area contributed by atoms with Crippen molar-refractivity contribution in [3.05, 3.63) is 47.5 Å². The van der Waals surface area contributed by atoms with Gasteiger partial charge in [-0.05, 0) is 56.0 Å². The van der Waals surface area contributed by atoms with Crippen LogP contribution in [0.2, 0.25) is 0 Å². The van der Waals surface area contributed by atoms with Crippen LogP contribution in [0.5, 0.6) is 0 Å². The average molecular weight is 398 g/mol. The maximum Gasteiger partial charge on any atom is 0.306 e. The standard InChI is InChI=1S/C24H31NO4/c1-3-4-21-17-19(6-8-23(26)29-16-15-28-2)5-7-20(21)9-12-24(27)18-25-13-10-22(24)11-14-25/h3,5,7,17,22,27H,1,4,6,8,10-11,13-16,18H2,2H3. The van der Waals surface area contributed by atoms with Crippen LogP contribution in [-0.4, -0.2) is 61.5 Å². The highest BCUT2D eigenvalue weighted by Gasteiger charge is 2.44. The van der Waals surface area contributed by atoms with Crippen LogP contribution in [0.1, 0.15) is 36.0 Å². The molecule has 3 aliphatic rings. The summed E-state index contributed by atoms with van der Waals surface area (Å²) >= 11 is 0. The van der Waals surface area contributed by atoms with Gasteiger partial charge in [-0.1, -0.05) is 30.0 Å². The van der Waals surface area contributed by atoms with Gasteiger partial charge in [0.2, 0.25) is 0 Å². The van der Waals surface area contributed by atoms with Gasteiger partial charge in [0.05, 0.1) is 6.61 Å². The van der Waals surface area contributed by atoms with E-state index < -0.39 is 5.60 Å². The largest absolute Gasteiger partial charge is 0.463 e. The number of rotatable bonds is 8. The van der Waals surface area contributed by atoms with Crippen LogP contribution in [-0.2, 0) is 27.1 Å². The van der Waals surface area contributed by atoms with Crippen molar-refractivity contribution in [1.82, 2.24) is 4.90 Å². The Morgan fingerprint density at radius 3 is 2.83 bits per heavy atom. The van der Waals surface area contributed by atoms with Crippen molar-refractivity contribution in [2.45, 2.75) is 37.7 Å². The lowest BCUT2D eigenvalue weighted by Crippen LogP contribution is -2.58. The summed E-state index contributed by atoms with van der Waals surface area (Å²) in [6.45, 7) is 7.32. The van der Waals surface area contributed by atoms with Crippen LogP contribution in [0.3, 0.4) is 0 Å². The summed E-state index contributed by atoms with van der Waals surface area (Å²) in [6, 6.07) is 6.07. The van der Waals surface area contributed by atoms with Crippen LogP contribution >= 0.6 is 0 Å². The molecule has 2 bridgehead atoms. The van der Waals surface area contributed by atoms with Crippen molar-refractivity contribution < 1.29 is 19.4 Å². The molecule has 3 heterocycles. The van der Waals surface area contributed by atoms with Crippen LogP contribution in [0, 0.1) is 17.8 Å². The number of esters is 1. The Hall–Kier alpha value is -2.13. The maximum atomic E-state index is 11.8. The molecule has 1 aromatic rings. The van der Waals surface area contributed by atoms with Crippen molar-refractivity contribution in [2.24, 2.45) is 5.92 Å². The first kappa shape index (κ1) is 21.6. The number of piperidine rings is 3. The van der Waals surface area contributed by atoms with Gasteiger partial charge in [-0.2, -0.15) is 0 Å². The lowest BCUT2D eigenvalue weighted by atomic mass is 9.75. The summed E-state index contributed by atoms with van der Waals surface area (Å²) in [7, 11) is 1.58. The predicted molar refractivity (Wildman–Crippen MR) is 112 cm³/mol. The summed E-state index contributed by atoms with van der Waals surface area (Å²) in [5.41, 5.74) is 2.15. The number of methoxy groups -OCH3 is 1. The molecule has 1 aromatic carbocycles. The van der Waals surface area contributed by atoms with Gasteiger partial charge in [0.25, 0.3) is 0 Å². The van der Waals surface area contributed by atoms with Gasteiger partial charge in [0, 0.05) is 31.6 Å². The zero-order chi connectivity index (χ0) is 20.7. The first-order valence-electron chi connectivity index (χ1n) is 10.4. The SMILES string of the molecule is C=CCc1cc(CCC(=O)OCCOC)ccc1C#CC1(O)CN2CCC1CC2. The third-order valence-electron chi connectivity index (χ3n) is 5.84. The Kier molecular flexibility index (Phi) is 7.49. The molecule has 4 rings (SSSR count). The van der Waals surface area contributed by atoms with E-state index in [9.17, 15) is 9.90 Å². The second kappa shape index (κ2) is 10.1. The van der Waals surface area contributed by atoms with Crippen LogP contribution in [0.4, 0.5) is 0 Å². The monoisotopic (exact) mass is 397 g/mol. The number of hydrogen-bond acceptors (Lipinski definition) is 5. The summed E-state index contributed by atoms with van der Waals surface area (Å²) in [5.74, 6) is 6.47. The molecule has 3 fully saturated rings. The number of aryl methyl sites for hydroxylation is 1. The highest BCUT2D eigenvalue weighted by molar-refractivity contribution is 5.69. The lowest BCUT2D eigenvalue weighted by molar-refractivity contribution is -0.144. The van der Waals surface area contributed by atoms with Gasteiger partial charge < -0.3 is 14.6 Å². The summed E-state index contributed by atoms with van der Waals surface area (Å²) in [6.07, 6.45) is 5.54. The second-order valence-corrected chi connectivity index (χ2v) is 7.92. The molecule has 1 atom stereocenters. The molecule has 0 saturated carbocycles. The minimum absolute atomic E-state index is 0.222. The first-order chi connectivity index (χ1) is 14.0. The van der Waals surface area contributed by atoms with E-state index in [1.807, 2.05) is 18.2 Å². The van der Waals surface area contributed by atoms with Gasteiger partial charge >= 0.3 is 5.97 Å². The second-order valence-electron chi connectivity index (χ2n) is 7.92. The highest BCUT2D eigenvalue weighted by atomic mass is 16.6. The fourth-order valence-corrected chi connectivity index (χ4v) is 4.16. The Balaban J connectivity index is 1.67. The normalized spacial score (nSPS) is 25.2. The number of fused-ring (bicyclic) bond motifs is 3. The van der Waals surface area contributed by atoms with Crippen LogP contribution < -0.4 is 0 Å². The number of aliphatic hydroxyl groups is 1. The van der Waals surface area contributed by atoms with Crippen molar-refractivity contribution >= 4 is 5.97 Å². The molecule has 0 spiro atoms. The van der Waals surface area contributed by atoms with Gasteiger partial charge in [0.15, 0.2) is 0 Å². The molecular formula is C24H31NO4. The van der Waals surface area contributed by atoms with E-state index in [1.165, 1.54) is 0 Å². The van der Waals surface area contributed by atoms with E-state index in [4.69, 9.17) is 9.47 Å². The number of carbonyl (C=O) groups excluding carboxylic acids is 1. The molecule has 0 aliphatic carbocycles. The Labute approximate surface area is 173 Å². The topological polar surface area (TPSA) is 59.0 Å². The average Bonchev–Trinajstić information content (AvgIpc) is 2.73. The Morgan fingerprint density at radius 2 is 2.17 bits per heavy atom. The van der Waals surface area contributed by atoms with Crippen molar-refractivity contribution in [1.29, 1.82) is 0 Å². The van der Waals surface area contributed by atoms with E-state index in [0.717, 1.165) is 42.6 Å². The molecule has 156 valence electrons. The van der Waals surface area contributed by atoms with Crippen molar-refractivity contribution in [3.8, 4) is 11.8 Å². The summed E-state index contributed by atoms with van der Waals surface area (Å²) < 4.78 is 9.99. The number of nitrogens with zero attached hydrogens (tertiary/aromatic N) is 1. The molecule has 1 unspecified atom stereocenters. The lowest BCUT2D eigenvalue weighted by Gasteiger charge is -2.47. The smallest absolute Gasteiger partial charge is 0.306 e. The van der Waals surface area contributed by atoms with E-state index in [-0.39, 0.29) is 18.5 Å². The number of benzene rings is 1. The van der Waals surface area contributed by atoms with Crippen LogP contribution in [0.25, 0.3) is 0 Å². The summed E-state index contributed by atoms with van der Waals surface area (Å²) in [5, 5.41) is 11.0. The van der Waals surface area contributed by atoms with E-state index in [0.29, 0.717) is 32.4 Å². The quantitative estimate of drug-likeness (QED) is 0.316. The van der Waals surface area contributed by atoms with Gasteiger partial charge in [-0.15, -0.1) is 6.58 Å². The zero-order valence-corrected chi connectivity index (χ0v) is 17.3. The number of ether oxygens (including phenoxy) is 2. The highest BCUT2D eigenvalue weighted by Crippen LogP contribution is 2.35. The number of hydrogen-bond donors (Lipinski definition) is 1. The molecule has 1 N–H and O–H groups in total. The third kappa shape index (κ3) is 5.70. The van der Waals surface area contributed by atoms with E-state index in [1.54, 1.807) is 7.11 Å². The minimum atomic E-state index is -0.910. The predicted octanol–water partition coefficient (Wildman–Crippen LogP) is 2.35. The maximum absolute atomic E-state index is 11.8. The molecular weight excluding hydrogens is 366 g/mol. The van der Waals surface area contributed by atoms with E-state index >= 15 is 0 Å². The van der Waals surface area contributed by atoms with E-state index in [2.05, 4.69) is 29.4 Å². The minimum Gasteiger partial charge on any atom is -0.463 e. The summed E-state index contributed by atoms with van der Waals surface area (Å²) in [4.78, 5) is 14.1. The first-order valence-corrected chi connectivity index (χ1v) is 10.4. The Morgan fingerprint density at radius 1 is 1.38 bits per heavy atom. The number of allylic oxidation sites excluding steroid dienone is 1. The van der Waals surface area contributed by atoms with Crippen molar-refractivity contribution in [2.75, 3.05) is 40.0 Å². The molecule has 0 radical (unpaired) electrons.